The molecule has 142 valence electrons. The average molecular weight is 387 g/mol. The molecule has 0 fully saturated rings. The lowest BCUT2D eigenvalue weighted by Crippen LogP contribution is -2.29. The molecule has 0 N–H and O–H groups in total. The third-order valence-corrected chi connectivity index (χ3v) is 5.96. The molecular formula is C17H20F3N3O2S. The Bertz CT molecular complexity index is 918. The minimum Gasteiger partial charge on any atom is -0.265 e. The van der Waals surface area contributed by atoms with Crippen LogP contribution < -0.4 is 0 Å². The Balaban J connectivity index is 2.42. The first-order chi connectivity index (χ1) is 12.0. The predicted molar refractivity (Wildman–Crippen MR) is 92.0 cm³/mol. The second kappa shape index (κ2) is 7.24. The molecule has 0 saturated carbocycles. The van der Waals surface area contributed by atoms with Crippen LogP contribution in [0.15, 0.2) is 41.8 Å². The van der Waals surface area contributed by atoms with Gasteiger partial charge in [0.05, 0.1) is 22.7 Å². The van der Waals surface area contributed by atoms with Gasteiger partial charge < -0.3 is 0 Å². The number of alkyl halides is 3. The third kappa shape index (κ3) is 3.83. The maximum atomic E-state index is 13.2. The maximum absolute atomic E-state index is 13.2. The van der Waals surface area contributed by atoms with E-state index in [0.717, 1.165) is 28.2 Å². The molecule has 0 saturated heterocycles. The lowest BCUT2D eigenvalue weighted by Gasteiger charge is -2.20. The van der Waals surface area contributed by atoms with Crippen LogP contribution in [0.3, 0.4) is 0 Å². The summed E-state index contributed by atoms with van der Waals surface area (Å²) in [6.07, 6.45) is -3.10. The number of benzene rings is 1. The molecule has 0 amide bonds. The van der Waals surface area contributed by atoms with Gasteiger partial charge >= 0.3 is 6.18 Å². The Morgan fingerprint density at radius 3 is 2.46 bits per heavy atom. The van der Waals surface area contributed by atoms with Crippen molar-refractivity contribution in [3.05, 3.63) is 59.4 Å². The Kier molecular flexibility index (Phi) is 5.62. The summed E-state index contributed by atoms with van der Waals surface area (Å²) in [6, 6.07) is 4.17. The summed E-state index contributed by atoms with van der Waals surface area (Å²) in [7, 11) is -3.08. The molecule has 5 nitrogen and oxygen atoms in total. The SMILES string of the molecule is C=CCn1nc(C)c(CN(C)S(=O)(=O)c2ccccc2C(F)(F)F)c1C. The van der Waals surface area contributed by atoms with Gasteiger partial charge in [-0.2, -0.15) is 22.6 Å². The number of aromatic nitrogens is 2. The number of rotatable bonds is 6. The summed E-state index contributed by atoms with van der Waals surface area (Å²) < 4.78 is 67.6. The fourth-order valence-electron chi connectivity index (χ4n) is 2.66. The molecule has 0 bridgehead atoms. The van der Waals surface area contributed by atoms with E-state index in [0.29, 0.717) is 17.8 Å². The average Bonchev–Trinajstić information content (AvgIpc) is 2.82. The molecule has 1 aromatic heterocycles. The molecule has 2 rings (SSSR count). The highest BCUT2D eigenvalue weighted by Crippen LogP contribution is 2.35. The molecular weight excluding hydrogens is 367 g/mol. The van der Waals surface area contributed by atoms with E-state index in [9.17, 15) is 21.6 Å². The monoisotopic (exact) mass is 387 g/mol. The second-order valence-electron chi connectivity index (χ2n) is 5.88. The summed E-state index contributed by atoms with van der Waals surface area (Å²) >= 11 is 0. The van der Waals surface area contributed by atoms with E-state index >= 15 is 0 Å². The summed E-state index contributed by atoms with van der Waals surface area (Å²) in [5.41, 5.74) is 0.842. The van der Waals surface area contributed by atoms with Crippen LogP contribution in [0, 0.1) is 13.8 Å². The molecule has 9 heteroatoms. The minimum absolute atomic E-state index is 0.0800. The van der Waals surface area contributed by atoms with Crippen molar-refractivity contribution in [3.8, 4) is 0 Å². The van der Waals surface area contributed by atoms with Gasteiger partial charge in [-0.05, 0) is 26.0 Å². The number of hydrogen-bond acceptors (Lipinski definition) is 3. The zero-order valence-corrected chi connectivity index (χ0v) is 15.5. The fourth-order valence-corrected chi connectivity index (χ4v) is 4.01. The quantitative estimate of drug-likeness (QED) is 0.713. The summed E-state index contributed by atoms with van der Waals surface area (Å²) in [6.45, 7) is 7.52. The molecule has 0 spiro atoms. The lowest BCUT2D eigenvalue weighted by molar-refractivity contribution is -0.139. The van der Waals surface area contributed by atoms with Crippen molar-refractivity contribution in [2.45, 2.75) is 38.0 Å². The highest BCUT2D eigenvalue weighted by molar-refractivity contribution is 7.89. The van der Waals surface area contributed by atoms with Gasteiger partial charge in [-0.15, -0.1) is 6.58 Å². The van der Waals surface area contributed by atoms with Crippen LogP contribution in [0.1, 0.15) is 22.5 Å². The first-order valence-electron chi connectivity index (χ1n) is 7.76. The molecule has 0 aliphatic carbocycles. The van der Waals surface area contributed by atoms with Gasteiger partial charge in [-0.3, -0.25) is 4.68 Å². The highest BCUT2D eigenvalue weighted by Gasteiger charge is 2.38. The fraction of sp³-hybridized carbons (Fsp3) is 0.353. The van der Waals surface area contributed by atoms with Gasteiger partial charge in [-0.1, -0.05) is 18.2 Å². The largest absolute Gasteiger partial charge is 0.417 e. The van der Waals surface area contributed by atoms with Crippen molar-refractivity contribution < 1.29 is 21.6 Å². The van der Waals surface area contributed by atoms with Crippen LogP contribution in [-0.4, -0.2) is 29.6 Å². The Morgan fingerprint density at radius 1 is 1.27 bits per heavy atom. The van der Waals surface area contributed by atoms with E-state index in [-0.39, 0.29) is 6.54 Å². The summed E-state index contributed by atoms with van der Waals surface area (Å²) in [4.78, 5) is -0.760. The summed E-state index contributed by atoms with van der Waals surface area (Å²) in [5, 5.41) is 4.31. The summed E-state index contributed by atoms with van der Waals surface area (Å²) in [5.74, 6) is 0. The van der Waals surface area contributed by atoms with Crippen LogP contribution in [0.2, 0.25) is 0 Å². The first kappa shape index (κ1) is 20.2. The maximum Gasteiger partial charge on any atom is 0.417 e. The number of allylic oxidation sites excluding steroid dienone is 1. The molecule has 0 aliphatic heterocycles. The van der Waals surface area contributed by atoms with E-state index in [1.807, 2.05) is 0 Å². The normalized spacial score (nSPS) is 12.6. The van der Waals surface area contributed by atoms with Gasteiger partial charge in [-0.25, -0.2) is 8.42 Å². The number of halogens is 3. The van der Waals surface area contributed by atoms with E-state index in [1.54, 1.807) is 24.6 Å². The number of hydrogen-bond donors (Lipinski definition) is 0. The van der Waals surface area contributed by atoms with Gasteiger partial charge in [0.25, 0.3) is 0 Å². The Morgan fingerprint density at radius 2 is 1.88 bits per heavy atom. The van der Waals surface area contributed by atoms with E-state index in [1.165, 1.54) is 13.1 Å². The van der Waals surface area contributed by atoms with E-state index in [2.05, 4.69) is 11.7 Å². The third-order valence-electron chi connectivity index (χ3n) is 4.09. The highest BCUT2D eigenvalue weighted by atomic mass is 32.2. The Labute approximate surface area is 150 Å². The Hall–Kier alpha value is -2.13. The molecule has 1 aromatic carbocycles. The predicted octanol–water partition coefficient (Wildman–Crippen LogP) is 3.53. The molecule has 0 atom stereocenters. The van der Waals surface area contributed by atoms with Crippen LogP contribution in [0.25, 0.3) is 0 Å². The van der Waals surface area contributed by atoms with Crippen molar-refractivity contribution in [2.24, 2.45) is 0 Å². The van der Waals surface area contributed by atoms with Crippen molar-refractivity contribution in [3.63, 3.8) is 0 Å². The van der Waals surface area contributed by atoms with Crippen molar-refractivity contribution in [2.75, 3.05) is 7.05 Å². The first-order valence-corrected chi connectivity index (χ1v) is 9.20. The lowest BCUT2D eigenvalue weighted by atomic mass is 10.2. The number of sulfonamides is 1. The van der Waals surface area contributed by atoms with Gasteiger partial charge in [0, 0.05) is 24.8 Å². The van der Waals surface area contributed by atoms with E-state index in [4.69, 9.17) is 0 Å². The van der Waals surface area contributed by atoms with Crippen LogP contribution in [-0.2, 0) is 29.3 Å². The number of nitrogens with zero attached hydrogens (tertiary/aromatic N) is 3. The molecule has 0 radical (unpaired) electrons. The van der Waals surface area contributed by atoms with Gasteiger partial charge in [0.1, 0.15) is 0 Å². The molecule has 0 aliphatic rings. The number of aryl methyl sites for hydroxylation is 1. The molecule has 2 aromatic rings. The zero-order valence-electron chi connectivity index (χ0n) is 14.7. The van der Waals surface area contributed by atoms with Crippen LogP contribution >= 0.6 is 0 Å². The van der Waals surface area contributed by atoms with Crippen molar-refractivity contribution >= 4 is 10.0 Å². The smallest absolute Gasteiger partial charge is 0.265 e. The van der Waals surface area contributed by atoms with Crippen LogP contribution in [0.5, 0.6) is 0 Å². The zero-order chi connectivity index (χ0) is 19.7. The van der Waals surface area contributed by atoms with Crippen molar-refractivity contribution in [1.82, 2.24) is 14.1 Å². The van der Waals surface area contributed by atoms with Crippen LogP contribution in [0.4, 0.5) is 13.2 Å². The second-order valence-corrected chi connectivity index (χ2v) is 7.89. The molecule has 1 heterocycles. The molecule has 0 unspecified atom stereocenters. The molecule has 26 heavy (non-hydrogen) atoms. The minimum atomic E-state index is -4.76. The topological polar surface area (TPSA) is 55.2 Å². The standard InChI is InChI=1S/C17H20F3N3O2S/c1-5-10-23-13(3)14(12(2)21-23)11-22(4)26(24,25)16-9-7-6-8-15(16)17(18,19)20/h5-9H,1,10-11H2,2-4H3. The van der Waals surface area contributed by atoms with E-state index < -0.39 is 26.7 Å². The van der Waals surface area contributed by atoms with Gasteiger partial charge in [0.15, 0.2) is 0 Å². The van der Waals surface area contributed by atoms with Gasteiger partial charge in [0.2, 0.25) is 10.0 Å². The van der Waals surface area contributed by atoms with Crippen molar-refractivity contribution in [1.29, 1.82) is 0 Å².